The highest BCUT2D eigenvalue weighted by Crippen LogP contribution is 2.38. The summed E-state index contributed by atoms with van der Waals surface area (Å²) in [5.74, 6) is 0.722. The zero-order chi connectivity index (χ0) is 22.8. The number of fused-ring (bicyclic) bond motifs is 1. The lowest BCUT2D eigenvalue weighted by atomic mass is 10.1. The van der Waals surface area contributed by atoms with Crippen LogP contribution in [0.4, 0.5) is 0 Å². The van der Waals surface area contributed by atoms with Gasteiger partial charge in [0.2, 0.25) is 0 Å². The van der Waals surface area contributed by atoms with Crippen molar-refractivity contribution in [1.29, 1.82) is 0 Å². The zero-order valence-corrected chi connectivity index (χ0v) is 19.8. The molecule has 5 aromatic rings. The van der Waals surface area contributed by atoms with E-state index in [1.54, 1.807) is 11.3 Å². The van der Waals surface area contributed by atoms with Crippen LogP contribution < -0.4 is 5.73 Å². The maximum atomic E-state index is 6.07. The number of nitrogens with two attached hydrogens (primary N) is 1. The van der Waals surface area contributed by atoms with Gasteiger partial charge in [0.25, 0.3) is 0 Å². The van der Waals surface area contributed by atoms with Gasteiger partial charge in [-0.1, -0.05) is 23.7 Å². The molecular weight excluding hydrogens is 454 g/mol. The Labute approximate surface area is 200 Å². The molecule has 168 valence electrons. The number of aryl methyl sites for hydroxylation is 2. The fourth-order valence-corrected chi connectivity index (χ4v) is 5.23. The first-order valence-corrected chi connectivity index (χ1v) is 12.1. The Balaban J connectivity index is 1.58. The van der Waals surface area contributed by atoms with Crippen molar-refractivity contribution in [1.82, 2.24) is 29.8 Å². The van der Waals surface area contributed by atoms with E-state index in [9.17, 15) is 0 Å². The fraction of sp³-hybridized carbons (Fsp3) is 0.250. The van der Waals surface area contributed by atoms with Gasteiger partial charge < -0.3 is 5.73 Å². The number of rotatable bonds is 8. The number of H-pyrrole nitrogens is 1. The Morgan fingerprint density at radius 1 is 1.12 bits per heavy atom. The number of aromatic nitrogens is 6. The van der Waals surface area contributed by atoms with Gasteiger partial charge in [0.1, 0.15) is 11.3 Å². The number of unbranched alkanes of at least 4 members (excludes halogenated alkanes) is 1. The molecule has 4 aromatic heterocycles. The van der Waals surface area contributed by atoms with Crippen molar-refractivity contribution in [2.75, 3.05) is 6.54 Å². The highest BCUT2D eigenvalue weighted by molar-refractivity contribution is 7.18. The monoisotopic (exact) mass is 477 g/mol. The van der Waals surface area contributed by atoms with Crippen LogP contribution in [-0.2, 0) is 12.8 Å². The van der Waals surface area contributed by atoms with Crippen molar-refractivity contribution < 1.29 is 0 Å². The second kappa shape index (κ2) is 9.43. The normalized spacial score (nSPS) is 11.5. The van der Waals surface area contributed by atoms with Gasteiger partial charge in [0, 0.05) is 17.6 Å². The highest BCUT2D eigenvalue weighted by atomic mass is 35.5. The smallest absolute Gasteiger partial charge is 0.167 e. The van der Waals surface area contributed by atoms with Gasteiger partial charge in [-0.3, -0.25) is 5.10 Å². The summed E-state index contributed by atoms with van der Waals surface area (Å²) < 4.78 is 1.94. The summed E-state index contributed by atoms with van der Waals surface area (Å²) in [5.41, 5.74) is 12.1. The molecule has 0 aliphatic rings. The maximum Gasteiger partial charge on any atom is 0.167 e. The van der Waals surface area contributed by atoms with E-state index < -0.39 is 0 Å². The average Bonchev–Trinajstić information content (AvgIpc) is 3.53. The van der Waals surface area contributed by atoms with E-state index in [1.807, 2.05) is 41.9 Å². The Morgan fingerprint density at radius 3 is 2.73 bits per heavy atom. The molecule has 0 aliphatic heterocycles. The lowest BCUT2D eigenvalue weighted by molar-refractivity contribution is 0.743. The molecule has 33 heavy (non-hydrogen) atoms. The quantitative estimate of drug-likeness (QED) is 0.304. The first kappa shape index (κ1) is 21.8. The van der Waals surface area contributed by atoms with Crippen LogP contribution in [0.1, 0.15) is 35.4 Å². The number of hydrogen-bond donors (Lipinski definition) is 2. The third kappa shape index (κ3) is 4.55. The van der Waals surface area contributed by atoms with Crippen molar-refractivity contribution in [3.63, 3.8) is 0 Å². The molecule has 9 heteroatoms. The maximum absolute atomic E-state index is 6.07. The van der Waals surface area contributed by atoms with Crippen LogP contribution in [0.2, 0.25) is 5.02 Å². The molecule has 1 aromatic carbocycles. The molecule has 0 radical (unpaired) electrons. The summed E-state index contributed by atoms with van der Waals surface area (Å²) in [6, 6.07) is 12.2. The lowest BCUT2D eigenvalue weighted by Crippen LogP contribution is -1.99. The molecule has 0 amide bonds. The average molecular weight is 478 g/mol. The number of benzene rings is 1. The minimum Gasteiger partial charge on any atom is -0.330 e. The Bertz CT molecular complexity index is 1370. The largest absolute Gasteiger partial charge is 0.330 e. The summed E-state index contributed by atoms with van der Waals surface area (Å²) in [5, 5.41) is 13.4. The topological polar surface area (TPSA) is 97.8 Å². The van der Waals surface area contributed by atoms with E-state index in [4.69, 9.17) is 27.4 Å². The highest BCUT2D eigenvalue weighted by Gasteiger charge is 2.21. The number of nitrogens with one attached hydrogen (secondary N) is 1. The van der Waals surface area contributed by atoms with Crippen LogP contribution in [0.15, 0.2) is 48.9 Å². The summed E-state index contributed by atoms with van der Waals surface area (Å²) in [7, 11) is 0. The van der Waals surface area contributed by atoms with Crippen LogP contribution in [-0.4, -0.2) is 36.3 Å². The van der Waals surface area contributed by atoms with Crippen molar-refractivity contribution in [2.24, 2.45) is 5.73 Å². The van der Waals surface area contributed by atoms with E-state index in [2.05, 4.69) is 27.3 Å². The van der Waals surface area contributed by atoms with Gasteiger partial charge in [-0.25, -0.2) is 14.5 Å². The first-order chi connectivity index (χ1) is 16.1. The third-order valence-electron chi connectivity index (χ3n) is 5.62. The molecule has 0 spiro atoms. The molecule has 0 fully saturated rings. The predicted octanol–water partition coefficient (Wildman–Crippen LogP) is 5.08. The molecule has 0 saturated carbocycles. The minimum absolute atomic E-state index is 0.673. The van der Waals surface area contributed by atoms with E-state index in [1.165, 1.54) is 11.9 Å². The van der Waals surface area contributed by atoms with Gasteiger partial charge in [0.05, 0.1) is 27.3 Å². The summed E-state index contributed by atoms with van der Waals surface area (Å²) >= 11 is 7.69. The number of aromatic amines is 1. The number of halogens is 1. The van der Waals surface area contributed by atoms with Crippen LogP contribution in [0, 0.1) is 6.92 Å². The Kier molecular flexibility index (Phi) is 6.22. The molecule has 0 unspecified atom stereocenters. The second-order valence-electron chi connectivity index (χ2n) is 8.00. The van der Waals surface area contributed by atoms with Crippen molar-refractivity contribution in [3.8, 4) is 21.3 Å². The summed E-state index contributed by atoms with van der Waals surface area (Å²) in [6.07, 6.45) is 7.33. The molecule has 4 heterocycles. The van der Waals surface area contributed by atoms with Crippen LogP contribution in [0.5, 0.6) is 0 Å². The molecule has 0 aliphatic carbocycles. The summed E-state index contributed by atoms with van der Waals surface area (Å²) in [6.45, 7) is 2.75. The minimum atomic E-state index is 0.673. The molecule has 0 atom stereocenters. The number of pyridine rings is 1. The SMILES string of the molecule is Cc1nn2ccc(CCCCN)cc2c1-c1nc(Cc2ccc(Cl)cc2)c(-c2ncn[nH]2)s1. The van der Waals surface area contributed by atoms with Gasteiger partial charge in [0.15, 0.2) is 5.82 Å². The number of thiazole rings is 1. The van der Waals surface area contributed by atoms with Crippen molar-refractivity contribution in [3.05, 3.63) is 76.5 Å². The molecule has 0 saturated heterocycles. The number of nitrogens with zero attached hydrogens (tertiary/aromatic N) is 5. The molecule has 3 N–H and O–H groups in total. The third-order valence-corrected chi connectivity index (χ3v) is 6.99. The van der Waals surface area contributed by atoms with Gasteiger partial charge in [-0.15, -0.1) is 11.3 Å². The standard InChI is InChI=1S/C24H24ClN7S/c1-15-21(20-13-16(4-2-3-10-26)9-11-32(20)31-15)24-29-19(12-17-5-7-18(25)8-6-17)22(33-24)23-27-14-28-30-23/h5-9,11,13-14H,2-4,10,12,26H2,1H3,(H,27,28,30). The van der Waals surface area contributed by atoms with E-state index in [0.717, 1.165) is 74.6 Å². The number of hydrogen-bond acceptors (Lipinski definition) is 6. The fourth-order valence-electron chi connectivity index (χ4n) is 3.97. The van der Waals surface area contributed by atoms with Gasteiger partial charge >= 0.3 is 0 Å². The van der Waals surface area contributed by atoms with Crippen LogP contribution >= 0.6 is 22.9 Å². The van der Waals surface area contributed by atoms with Crippen molar-refractivity contribution >= 4 is 28.5 Å². The van der Waals surface area contributed by atoms with Gasteiger partial charge in [-0.2, -0.15) is 10.2 Å². The van der Waals surface area contributed by atoms with E-state index >= 15 is 0 Å². The molecule has 5 rings (SSSR count). The van der Waals surface area contributed by atoms with Gasteiger partial charge in [-0.05, 0) is 68.1 Å². The van der Waals surface area contributed by atoms with E-state index in [-0.39, 0.29) is 0 Å². The lowest BCUT2D eigenvalue weighted by Gasteiger charge is -2.03. The van der Waals surface area contributed by atoms with Crippen LogP contribution in [0.3, 0.4) is 0 Å². The van der Waals surface area contributed by atoms with Crippen molar-refractivity contribution in [2.45, 2.75) is 32.6 Å². The summed E-state index contributed by atoms with van der Waals surface area (Å²) in [4.78, 5) is 10.4. The first-order valence-electron chi connectivity index (χ1n) is 10.9. The van der Waals surface area contributed by atoms with Crippen LogP contribution in [0.25, 0.3) is 26.8 Å². The molecule has 0 bridgehead atoms. The van der Waals surface area contributed by atoms with E-state index in [0.29, 0.717) is 6.42 Å². The predicted molar refractivity (Wildman–Crippen MR) is 133 cm³/mol. The Morgan fingerprint density at radius 2 is 1.97 bits per heavy atom. The zero-order valence-electron chi connectivity index (χ0n) is 18.3. The Hall–Kier alpha value is -3.07. The second-order valence-corrected chi connectivity index (χ2v) is 9.44. The molecule has 7 nitrogen and oxygen atoms in total. The molecular formula is C24H24ClN7S.